The molecule has 1 aliphatic rings. The molecule has 0 amide bonds. The number of aliphatic hydroxyl groups is 1. The molecule has 1 N–H and O–H groups in total. The highest BCUT2D eigenvalue weighted by atomic mass is 16.5. The van der Waals surface area contributed by atoms with Crippen molar-refractivity contribution in [3.05, 3.63) is 29.3 Å². The van der Waals surface area contributed by atoms with E-state index in [0.717, 1.165) is 16.9 Å². The van der Waals surface area contributed by atoms with Crippen LogP contribution in [0.5, 0.6) is 5.75 Å². The normalized spacial score (nSPS) is 25.5. The van der Waals surface area contributed by atoms with Gasteiger partial charge in [0, 0.05) is 13.0 Å². The molecule has 1 aromatic carbocycles. The molecular formula is C12H16O3. The molecule has 0 radical (unpaired) electrons. The molecule has 3 nitrogen and oxygen atoms in total. The summed E-state index contributed by atoms with van der Waals surface area (Å²) >= 11 is 0. The third kappa shape index (κ3) is 1.98. The van der Waals surface area contributed by atoms with E-state index in [9.17, 15) is 5.11 Å². The van der Waals surface area contributed by atoms with E-state index in [2.05, 4.69) is 0 Å². The first kappa shape index (κ1) is 10.5. The Hall–Kier alpha value is -1.06. The van der Waals surface area contributed by atoms with Gasteiger partial charge < -0.3 is 14.6 Å². The fourth-order valence-electron chi connectivity index (χ4n) is 1.92. The molecule has 1 fully saturated rings. The van der Waals surface area contributed by atoms with Crippen molar-refractivity contribution in [2.24, 2.45) is 0 Å². The number of benzene rings is 1. The summed E-state index contributed by atoms with van der Waals surface area (Å²) in [6.07, 6.45) is 0.652. The number of methoxy groups -OCH3 is 1. The number of hydrogen-bond acceptors (Lipinski definition) is 3. The second kappa shape index (κ2) is 3.83. The molecule has 0 aromatic heterocycles. The Labute approximate surface area is 89.6 Å². The lowest BCUT2D eigenvalue weighted by atomic mass is 9.92. The van der Waals surface area contributed by atoms with Crippen LogP contribution in [0.1, 0.15) is 17.5 Å². The van der Waals surface area contributed by atoms with E-state index in [-0.39, 0.29) is 0 Å². The average Bonchev–Trinajstić information content (AvgIpc) is 2.65. The summed E-state index contributed by atoms with van der Waals surface area (Å²) in [6, 6.07) is 5.81. The van der Waals surface area contributed by atoms with Crippen molar-refractivity contribution in [2.45, 2.75) is 18.9 Å². The Morgan fingerprint density at radius 2 is 2.20 bits per heavy atom. The molecule has 0 aliphatic carbocycles. The van der Waals surface area contributed by atoms with Crippen molar-refractivity contribution in [3.8, 4) is 5.75 Å². The van der Waals surface area contributed by atoms with Gasteiger partial charge in [0.2, 0.25) is 0 Å². The standard InChI is InChI=1S/C12H16O3/c1-9-5-10(7-11(6-9)14-2)12(13)3-4-15-8-12/h5-7,13H,3-4,8H2,1-2H3. The van der Waals surface area contributed by atoms with Crippen molar-refractivity contribution in [2.75, 3.05) is 20.3 Å². The van der Waals surface area contributed by atoms with Crippen molar-refractivity contribution in [3.63, 3.8) is 0 Å². The maximum Gasteiger partial charge on any atom is 0.119 e. The van der Waals surface area contributed by atoms with Gasteiger partial charge in [0.25, 0.3) is 0 Å². The van der Waals surface area contributed by atoms with Crippen molar-refractivity contribution in [1.82, 2.24) is 0 Å². The van der Waals surface area contributed by atoms with E-state index in [1.807, 2.05) is 25.1 Å². The third-order valence-corrected chi connectivity index (χ3v) is 2.82. The fourth-order valence-corrected chi connectivity index (χ4v) is 1.92. The topological polar surface area (TPSA) is 38.7 Å². The lowest BCUT2D eigenvalue weighted by molar-refractivity contribution is 0.0230. The fraction of sp³-hybridized carbons (Fsp3) is 0.500. The van der Waals surface area contributed by atoms with Crippen molar-refractivity contribution >= 4 is 0 Å². The summed E-state index contributed by atoms with van der Waals surface area (Å²) in [5.41, 5.74) is 1.14. The van der Waals surface area contributed by atoms with Crippen molar-refractivity contribution < 1.29 is 14.6 Å². The van der Waals surface area contributed by atoms with Gasteiger partial charge in [0.15, 0.2) is 0 Å². The third-order valence-electron chi connectivity index (χ3n) is 2.82. The average molecular weight is 208 g/mol. The molecule has 0 bridgehead atoms. The smallest absolute Gasteiger partial charge is 0.119 e. The molecule has 3 heteroatoms. The van der Waals surface area contributed by atoms with Crippen molar-refractivity contribution in [1.29, 1.82) is 0 Å². The summed E-state index contributed by atoms with van der Waals surface area (Å²) in [7, 11) is 1.63. The highest BCUT2D eigenvalue weighted by Crippen LogP contribution is 2.32. The van der Waals surface area contributed by atoms with E-state index in [1.165, 1.54) is 0 Å². The molecule has 0 spiro atoms. The Morgan fingerprint density at radius 1 is 1.40 bits per heavy atom. The zero-order chi connectivity index (χ0) is 10.9. The predicted octanol–water partition coefficient (Wildman–Crippen LogP) is 1.61. The van der Waals surface area contributed by atoms with Gasteiger partial charge in [0.05, 0.1) is 13.7 Å². The number of aryl methyl sites for hydroxylation is 1. The lowest BCUT2D eigenvalue weighted by Gasteiger charge is -2.22. The van der Waals surface area contributed by atoms with E-state index in [0.29, 0.717) is 19.6 Å². The van der Waals surface area contributed by atoms with Gasteiger partial charge in [-0.2, -0.15) is 0 Å². The molecule has 1 atom stereocenters. The Bertz CT molecular complexity index is 354. The van der Waals surface area contributed by atoms with Crippen LogP contribution >= 0.6 is 0 Å². The van der Waals surface area contributed by atoms with E-state index >= 15 is 0 Å². The highest BCUT2D eigenvalue weighted by molar-refractivity contribution is 5.37. The number of ether oxygens (including phenoxy) is 2. The summed E-state index contributed by atoms with van der Waals surface area (Å²) in [6.45, 7) is 2.98. The monoisotopic (exact) mass is 208 g/mol. The van der Waals surface area contributed by atoms with Gasteiger partial charge in [0.1, 0.15) is 11.4 Å². The highest BCUT2D eigenvalue weighted by Gasteiger charge is 2.34. The first-order valence-electron chi connectivity index (χ1n) is 5.10. The lowest BCUT2D eigenvalue weighted by Crippen LogP contribution is -2.25. The number of rotatable bonds is 2. The first-order valence-corrected chi connectivity index (χ1v) is 5.10. The molecule has 0 saturated carbocycles. The van der Waals surface area contributed by atoms with E-state index in [1.54, 1.807) is 7.11 Å². The Balaban J connectivity index is 2.38. The zero-order valence-electron chi connectivity index (χ0n) is 9.12. The minimum absolute atomic E-state index is 0.375. The molecular weight excluding hydrogens is 192 g/mol. The van der Waals surface area contributed by atoms with Crippen LogP contribution in [0.3, 0.4) is 0 Å². The van der Waals surface area contributed by atoms with Crippen LogP contribution in [0.4, 0.5) is 0 Å². The molecule has 2 rings (SSSR count). The molecule has 1 aliphatic heterocycles. The maximum atomic E-state index is 10.3. The second-order valence-corrected chi connectivity index (χ2v) is 4.07. The Kier molecular flexibility index (Phi) is 2.67. The summed E-state index contributed by atoms with van der Waals surface area (Å²) in [5, 5.41) is 10.3. The molecule has 15 heavy (non-hydrogen) atoms. The molecule has 1 aromatic rings. The van der Waals surface area contributed by atoms with Crippen LogP contribution < -0.4 is 4.74 Å². The van der Waals surface area contributed by atoms with Gasteiger partial charge >= 0.3 is 0 Å². The van der Waals surface area contributed by atoms with Crippen LogP contribution in [0.15, 0.2) is 18.2 Å². The minimum atomic E-state index is -0.834. The molecule has 82 valence electrons. The van der Waals surface area contributed by atoms with Crippen LogP contribution in [0.25, 0.3) is 0 Å². The molecule has 1 unspecified atom stereocenters. The molecule has 1 heterocycles. The van der Waals surface area contributed by atoms with Crippen LogP contribution in [0.2, 0.25) is 0 Å². The summed E-state index contributed by atoms with van der Waals surface area (Å²) in [5.74, 6) is 0.783. The largest absolute Gasteiger partial charge is 0.497 e. The van der Waals surface area contributed by atoms with Gasteiger partial charge in [-0.3, -0.25) is 0 Å². The Morgan fingerprint density at radius 3 is 2.80 bits per heavy atom. The van der Waals surface area contributed by atoms with E-state index in [4.69, 9.17) is 9.47 Å². The second-order valence-electron chi connectivity index (χ2n) is 4.07. The molecule has 1 saturated heterocycles. The van der Waals surface area contributed by atoms with Gasteiger partial charge in [-0.1, -0.05) is 6.07 Å². The first-order chi connectivity index (χ1) is 7.14. The van der Waals surface area contributed by atoms with Gasteiger partial charge in [-0.25, -0.2) is 0 Å². The van der Waals surface area contributed by atoms with Crippen LogP contribution in [-0.4, -0.2) is 25.4 Å². The van der Waals surface area contributed by atoms with Gasteiger partial charge in [-0.05, 0) is 30.2 Å². The van der Waals surface area contributed by atoms with E-state index < -0.39 is 5.60 Å². The predicted molar refractivity (Wildman–Crippen MR) is 57.1 cm³/mol. The zero-order valence-corrected chi connectivity index (χ0v) is 9.12. The maximum absolute atomic E-state index is 10.3. The SMILES string of the molecule is COc1cc(C)cc(C2(O)CCOC2)c1. The number of hydrogen-bond donors (Lipinski definition) is 1. The van der Waals surface area contributed by atoms with Crippen LogP contribution in [0, 0.1) is 6.92 Å². The summed E-state index contributed by atoms with van der Waals surface area (Å²) in [4.78, 5) is 0. The minimum Gasteiger partial charge on any atom is -0.497 e. The van der Waals surface area contributed by atoms with Crippen LogP contribution in [-0.2, 0) is 10.3 Å². The van der Waals surface area contributed by atoms with Gasteiger partial charge in [-0.15, -0.1) is 0 Å². The quantitative estimate of drug-likeness (QED) is 0.802. The summed E-state index contributed by atoms with van der Waals surface area (Å²) < 4.78 is 10.4.